The Morgan fingerprint density at radius 1 is 1.22 bits per heavy atom. The molecule has 238 valence electrons. The van der Waals surface area contributed by atoms with E-state index in [1.54, 1.807) is 51.1 Å². The molecule has 0 radical (unpaired) electrons. The van der Waals surface area contributed by atoms with Crippen LogP contribution in [-0.2, 0) is 29.4 Å². The van der Waals surface area contributed by atoms with Crippen molar-refractivity contribution in [3.8, 4) is 0 Å². The van der Waals surface area contributed by atoms with Gasteiger partial charge in [-0.3, -0.25) is 14.5 Å². The van der Waals surface area contributed by atoms with Gasteiger partial charge < -0.3 is 29.8 Å². The van der Waals surface area contributed by atoms with Crippen molar-refractivity contribution < 1.29 is 101 Å². The van der Waals surface area contributed by atoms with E-state index in [9.17, 15) is 37.3 Å². The number of hydrogen-bond acceptors (Lipinski definition) is 14. The molecule has 17 nitrogen and oxygen atoms in total. The van der Waals surface area contributed by atoms with E-state index in [0.29, 0.717) is 5.56 Å². The van der Waals surface area contributed by atoms with Gasteiger partial charge in [-0.1, -0.05) is 42.1 Å². The van der Waals surface area contributed by atoms with E-state index in [-0.39, 0.29) is 88.6 Å². The largest absolute Gasteiger partial charge is 1.00 e. The molecule has 4 N–H and O–H groups in total. The minimum atomic E-state index is -4.77. The zero-order valence-corrected chi connectivity index (χ0v) is 32.0. The SMILES string of the molecule is CC(C)(C)OC(=O)NC(C(=O)NC1C(=O)N2C(C(=O)[O-])=C(C(CCNS(=O)(=O)[O-])Sc3nnn[nH]3)CS[C@@H]12)c1ccccc1.[Na+].[Na+]. The second-order valence-corrected chi connectivity index (χ2v) is 14.0. The minimum Gasteiger partial charge on any atom is -0.735 e. The average molecular weight is 715 g/mol. The molecule has 0 aliphatic carbocycles. The van der Waals surface area contributed by atoms with Crippen molar-refractivity contribution in [2.45, 2.75) is 60.7 Å². The van der Waals surface area contributed by atoms with Gasteiger partial charge in [0.05, 0.1) is 11.7 Å². The summed E-state index contributed by atoms with van der Waals surface area (Å²) in [5.41, 5.74) is -0.644. The average Bonchev–Trinajstić information content (AvgIpc) is 3.45. The van der Waals surface area contributed by atoms with Crippen molar-refractivity contribution in [1.82, 2.24) is 40.9 Å². The number of aromatic nitrogens is 4. The number of nitrogens with zero attached hydrogens (tertiary/aromatic N) is 4. The number of carboxylic acid groups (broad SMARTS) is 1. The predicted molar refractivity (Wildman–Crippen MR) is 152 cm³/mol. The summed E-state index contributed by atoms with van der Waals surface area (Å²) in [7, 11) is -4.77. The fourth-order valence-electron chi connectivity index (χ4n) is 4.44. The summed E-state index contributed by atoms with van der Waals surface area (Å²) in [4.78, 5) is 52.6. The second-order valence-electron chi connectivity index (χ2n) is 10.5. The van der Waals surface area contributed by atoms with E-state index in [1.165, 1.54) is 0 Å². The number of H-pyrrole nitrogens is 1. The number of thioether (sulfide) groups is 2. The Balaban J connectivity index is 0.00000368. The van der Waals surface area contributed by atoms with Crippen LogP contribution in [0, 0.1) is 0 Å². The zero-order valence-electron chi connectivity index (χ0n) is 25.5. The van der Waals surface area contributed by atoms with Crippen LogP contribution in [0.5, 0.6) is 0 Å². The van der Waals surface area contributed by atoms with E-state index in [1.807, 2.05) is 4.72 Å². The fourth-order valence-corrected chi connectivity index (χ4v) is 7.36. The number of aliphatic carboxylic acids is 1. The van der Waals surface area contributed by atoms with Gasteiger partial charge in [-0.2, -0.15) is 0 Å². The Hall–Kier alpha value is -1.72. The Morgan fingerprint density at radius 2 is 1.89 bits per heavy atom. The quantitative estimate of drug-likeness (QED) is 0.0690. The molecule has 1 fully saturated rings. The van der Waals surface area contributed by atoms with Crippen molar-refractivity contribution in [1.29, 1.82) is 0 Å². The summed E-state index contributed by atoms with van der Waals surface area (Å²) in [5, 5.41) is 29.3. The van der Waals surface area contributed by atoms with E-state index >= 15 is 0 Å². The molecule has 46 heavy (non-hydrogen) atoms. The van der Waals surface area contributed by atoms with Crippen LogP contribution in [0.3, 0.4) is 0 Å². The summed E-state index contributed by atoms with van der Waals surface area (Å²) in [5.74, 6) is -3.07. The van der Waals surface area contributed by atoms with Gasteiger partial charge in [-0.25, -0.2) is 23.0 Å². The summed E-state index contributed by atoms with van der Waals surface area (Å²) in [6, 6.07) is 5.94. The van der Waals surface area contributed by atoms with Gasteiger partial charge in [0, 0.05) is 17.5 Å². The van der Waals surface area contributed by atoms with Gasteiger partial charge in [0.1, 0.15) is 23.1 Å². The number of β-lactam (4-membered cyclic amide) rings is 1. The molecule has 4 rings (SSSR count). The maximum absolute atomic E-state index is 13.4. The normalized spacial score (nSPS) is 19.0. The van der Waals surface area contributed by atoms with Crippen LogP contribution < -0.4 is 79.6 Å². The topological polar surface area (TPSA) is 252 Å². The monoisotopic (exact) mass is 714 g/mol. The Morgan fingerprint density at radius 3 is 2.46 bits per heavy atom. The molecule has 1 saturated heterocycles. The molecule has 1 aromatic carbocycles. The third-order valence-electron chi connectivity index (χ3n) is 6.20. The fraction of sp³-hybridized carbons (Fsp3) is 0.458. The summed E-state index contributed by atoms with van der Waals surface area (Å²) < 4.78 is 40.3. The van der Waals surface area contributed by atoms with Gasteiger partial charge >= 0.3 is 65.2 Å². The number of ether oxygens (including phenoxy) is 1. The number of hydrogen-bond donors (Lipinski definition) is 4. The van der Waals surface area contributed by atoms with Crippen LogP contribution in [0.15, 0.2) is 46.8 Å². The van der Waals surface area contributed by atoms with E-state index in [2.05, 4.69) is 31.3 Å². The van der Waals surface area contributed by atoms with Crippen molar-refractivity contribution in [3.63, 3.8) is 0 Å². The number of fused-ring (bicyclic) bond motifs is 1. The molecule has 0 spiro atoms. The maximum atomic E-state index is 13.4. The first-order chi connectivity index (χ1) is 20.6. The van der Waals surface area contributed by atoms with Crippen LogP contribution >= 0.6 is 23.5 Å². The van der Waals surface area contributed by atoms with E-state index in [0.717, 1.165) is 28.4 Å². The van der Waals surface area contributed by atoms with Gasteiger partial charge in [0.25, 0.3) is 5.91 Å². The molecule has 1 aromatic heterocycles. The maximum Gasteiger partial charge on any atom is 1.00 e. The number of rotatable bonds is 12. The Kier molecular flexibility index (Phi) is 15.0. The molecular weight excluding hydrogens is 686 g/mol. The van der Waals surface area contributed by atoms with Crippen molar-refractivity contribution in [2.24, 2.45) is 0 Å². The number of alkyl carbamates (subject to hydrolysis) is 1. The van der Waals surface area contributed by atoms with E-state index < -0.39 is 68.2 Å². The standard InChI is InChI=1S/C24H30N8O9S3.2Na/c1-24(2,3)41-23(37)27-15(12-7-5-4-6-8-12)18(33)26-16-19(34)32-17(21(35)36)13(11-42-20(16)32)14(9-10-25-44(38,39)40)43-22-28-30-31-29-22;;/h4-8,14-16,20,25H,9-11H2,1-3H3,(H,26,33)(H,27,37)(H,35,36)(H,38,39,40)(H,28,29,30,31);;/q;2*+1/p-2/t14?,15?,16?,20-;;/m0../s1. The molecule has 0 bridgehead atoms. The molecule has 22 heteroatoms. The third kappa shape index (κ3) is 10.6. The molecule has 3 amide bonds. The molecule has 3 heterocycles. The number of carboxylic acids is 1. The van der Waals surface area contributed by atoms with Crippen LogP contribution in [0.2, 0.25) is 0 Å². The Labute approximate surface area is 317 Å². The number of carbonyl (C=O) groups is 4. The smallest absolute Gasteiger partial charge is 0.735 e. The van der Waals surface area contributed by atoms with Crippen molar-refractivity contribution >= 4 is 57.7 Å². The zero-order chi connectivity index (χ0) is 32.2. The molecule has 0 saturated carbocycles. The number of aromatic amines is 1. The van der Waals surface area contributed by atoms with Crippen LogP contribution in [-0.4, -0.2) is 96.9 Å². The minimum absolute atomic E-state index is 0. The Bertz CT molecular complexity index is 1540. The first kappa shape index (κ1) is 40.5. The van der Waals surface area contributed by atoms with Gasteiger partial charge in [0.15, 0.2) is 10.3 Å². The van der Waals surface area contributed by atoms with Crippen molar-refractivity contribution in [2.75, 3.05) is 12.3 Å². The number of nitrogens with one attached hydrogen (secondary N) is 4. The molecular formula is C24H28N8Na2O9S3. The van der Waals surface area contributed by atoms with Gasteiger partial charge in [-0.05, 0) is 48.8 Å². The second kappa shape index (κ2) is 17.1. The summed E-state index contributed by atoms with van der Waals surface area (Å²) in [6.45, 7) is 4.66. The predicted octanol–water partition coefficient (Wildman–Crippen LogP) is -7.22. The first-order valence-corrected chi connectivity index (χ1v) is 16.3. The van der Waals surface area contributed by atoms with Crippen molar-refractivity contribution in [3.05, 3.63) is 47.2 Å². The summed E-state index contributed by atoms with van der Waals surface area (Å²) >= 11 is 2.13. The molecule has 2 aromatic rings. The first-order valence-electron chi connectivity index (χ1n) is 13.0. The number of benzene rings is 1. The number of amides is 3. The summed E-state index contributed by atoms with van der Waals surface area (Å²) in [6.07, 6.45) is -0.909. The number of carbonyl (C=O) groups excluding carboxylic acids is 4. The molecule has 2 aliphatic heterocycles. The van der Waals surface area contributed by atoms with E-state index in [4.69, 9.17) is 4.74 Å². The number of tetrazole rings is 1. The molecule has 3 unspecified atom stereocenters. The third-order valence-corrected chi connectivity index (χ3v) is 9.26. The molecule has 4 atom stereocenters. The molecule has 2 aliphatic rings. The van der Waals surface area contributed by atoms with Gasteiger partial charge in [0.2, 0.25) is 11.1 Å². The van der Waals surface area contributed by atoms with Crippen LogP contribution in [0.25, 0.3) is 0 Å². The van der Waals surface area contributed by atoms with Crippen LogP contribution in [0.4, 0.5) is 4.79 Å². The van der Waals surface area contributed by atoms with Crippen LogP contribution in [0.1, 0.15) is 38.8 Å². The van der Waals surface area contributed by atoms with Gasteiger partial charge in [-0.15, -0.1) is 16.9 Å².